The van der Waals surface area contributed by atoms with E-state index in [0.29, 0.717) is 16.6 Å². The van der Waals surface area contributed by atoms with E-state index in [2.05, 4.69) is 42.2 Å². The second-order valence-electron chi connectivity index (χ2n) is 4.46. The number of benzene rings is 1. The predicted molar refractivity (Wildman–Crippen MR) is 83.9 cm³/mol. The Morgan fingerprint density at radius 3 is 2.58 bits per heavy atom. The van der Waals surface area contributed by atoms with Gasteiger partial charge in [-0.3, -0.25) is 10.1 Å². The van der Waals surface area contributed by atoms with Crippen LogP contribution in [0.2, 0.25) is 0 Å². The van der Waals surface area contributed by atoms with Gasteiger partial charge in [-0.05, 0) is 31.0 Å². The number of nitrogens with zero attached hydrogens (tertiary/aromatic N) is 1. The number of anilines is 1. The highest BCUT2D eigenvalue weighted by atomic mass is 79.9. The summed E-state index contributed by atoms with van der Waals surface area (Å²) >= 11 is 8.23. The van der Waals surface area contributed by atoms with E-state index in [-0.39, 0.29) is 5.91 Å². The number of aromatic nitrogens is 1. The maximum absolute atomic E-state index is 12.1. The lowest BCUT2D eigenvalue weighted by molar-refractivity contribution is 0.102. The van der Waals surface area contributed by atoms with E-state index in [1.165, 1.54) is 24.2 Å². The van der Waals surface area contributed by atoms with Crippen molar-refractivity contribution in [2.45, 2.75) is 18.8 Å². The quantitative estimate of drug-likeness (QED) is 0.802. The number of hydrogen-bond acceptors (Lipinski definition) is 3. The van der Waals surface area contributed by atoms with E-state index in [0.717, 1.165) is 14.6 Å². The molecule has 0 unspecified atom stereocenters. The zero-order chi connectivity index (χ0) is 13.4. The summed E-state index contributed by atoms with van der Waals surface area (Å²) in [6.07, 6.45) is 2.44. The van der Waals surface area contributed by atoms with Gasteiger partial charge in [0.1, 0.15) is 0 Å². The normalized spacial score (nSPS) is 14.4. The third kappa shape index (κ3) is 3.24. The molecule has 0 bridgehead atoms. The van der Waals surface area contributed by atoms with E-state index in [4.69, 9.17) is 0 Å². The molecule has 1 aromatic heterocycles. The van der Waals surface area contributed by atoms with E-state index >= 15 is 0 Å². The predicted octanol–water partition coefficient (Wildman–Crippen LogP) is 4.80. The SMILES string of the molecule is O=C(Nc1nc(C2CC2)cs1)c1cc(Br)cc(Br)c1. The van der Waals surface area contributed by atoms with Crippen LogP contribution < -0.4 is 5.32 Å². The number of nitrogens with one attached hydrogen (secondary N) is 1. The van der Waals surface area contributed by atoms with Crippen molar-refractivity contribution in [1.82, 2.24) is 4.98 Å². The first kappa shape index (κ1) is 13.3. The first-order valence-corrected chi connectivity index (χ1v) is 8.31. The van der Waals surface area contributed by atoms with Crippen molar-refractivity contribution in [3.05, 3.63) is 43.8 Å². The molecular weight excluding hydrogens is 392 g/mol. The minimum Gasteiger partial charge on any atom is -0.298 e. The molecule has 1 aliphatic carbocycles. The van der Waals surface area contributed by atoms with Gasteiger partial charge < -0.3 is 0 Å². The van der Waals surface area contributed by atoms with Crippen LogP contribution in [0.5, 0.6) is 0 Å². The van der Waals surface area contributed by atoms with Gasteiger partial charge in [0.05, 0.1) is 5.69 Å². The second kappa shape index (κ2) is 5.34. The third-order valence-corrected chi connectivity index (χ3v) is 4.55. The van der Waals surface area contributed by atoms with E-state index in [9.17, 15) is 4.79 Å². The number of thiazole rings is 1. The number of hydrogen-bond donors (Lipinski definition) is 1. The number of carbonyl (C=O) groups excluding carboxylic acids is 1. The average Bonchev–Trinajstić information content (AvgIpc) is 3.09. The summed E-state index contributed by atoms with van der Waals surface area (Å²) in [6, 6.07) is 5.47. The summed E-state index contributed by atoms with van der Waals surface area (Å²) < 4.78 is 1.73. The molecule has 98 valence electrons. The van der Waals surface area contributed by atoms with Crippen LogP contribution in [0.4, 0.5) is 5.13 Å². The smallest absolute Gasteiger partial charge is 0.257 e. The number of carbonyl (C=O) groups is 1. The van der Waals surface area contributed by atoms with Crippen LogP contribution in [-0.2, 0) is 0 Å². The maximum Gasteiger partial charge on any atom is 0.257 e. The Kier molecular flexibility index (Phi) is 3.73. The van der Waals surface area contributed by atoms with Crippen molar-refractivity contribution >= 4 is 54.2 Å². The molecule has 1 N–H and O–H groups in total. The Morgan fingerprint density at radius 1 is 1.26 bits per heavy atom. The van der Waals surface area contributed by atoms with Crippen molar-refractivity contribution in [3.63, 3.8) is 0 Å². The first-order chi connectivity index (χ1) is 9.11. The molecule has 1 amide bonds. The van der Waals surface area contributed by atoms with Crippen molar-refractivity contribution in [3.8, 4) is 0 Å². The summed E-state index contributed by atoms with van der Waals surface area (Å²) in [5, 5.41) is 5.54. The number of halogens is 2. The van der Waals surface area contributed by atoms with Gasteiger partial charge in [0.25, 0.3) is 5.91 Å². The molecule has 0 spiro atoms. The highest BCUT2D eigenvalue weighted by Gasteiger charge is 2.26. The highest BCUT2D eigenvalue weighted by Crippen LogP contribution is 2.40. The molecule has 3 rings (SSSR count). The molecule has 2 aromatic rings. The van der Waals surface area contributed by atoms with E-state index in [1.807, 2.05) is 11.4 Å². The molecule has 19 heavy (non-hydrogen) atoms. The zero-order valence-electron chi connectivity index (χ0n) is 9.82. The van der Waals surface area contributed by atoms with Crippen molar-refractivity contribution in [1.29, 1.82) is 0 Å². The summed E-state index contributed by atoms with van der Waals surface area (Å²) in [7, 11) is 0. The van der Waals surface area contributed by atoms with Crippen molar-refractivity contribution in [2.24, 2.45) is 0 Å². The van der Waals surface area contributed by atoms with E-state index < -0.39 is 0 Å². The van der Waals surface area contributed by atoms with Crippen LogP contribution in [-0.4, -0.2) is 10.9 Å². The Morgan fingerprint density at radius 2 is 1.95 bits per heavy atom. The minimum atomic E-state index is -0.140. The van der Waals surface area contributed by atoms with Crippen LogP contribution in [0, 0.1) is 0 Å². The lowest BCUT2D eigenvalue weighted by atomic mass is 10.2. The molecule has 0 saturated heterocycles. The number of amides is 1. The molecular formula is C13H10Br2N2OS. The second-order valence-corrected chi connectivity index (χ2v) is 7.15. The minimum absolute atomic E-state index is 0.140. The molecule has 1 heterocycles. The molecule has 1 aromatic carbocycles. The van der Waals surface area contributed by atoms with Crippen LogP contribution >= 0.6 is 43.2 Å². The molecule has 1 aliphatic rings. The van der Waals surface area contributed by atoms with Gasteiger partial charge in [-0.2, -0.15) is 0 Å². The van der Waals surface area contributed by atoms with Gasteiger partial charge in [0, 0.05) is 25.8 Å². The molecule has 1 saturated carbocycles. The molecule has 3 nitrogen and oxygen atoms in total. The van der Waals surface area contributed by atoms with Gasteiger partial charge in [-0.25, -0.2) is 4.98 Å². The number of rotatable bonds is 3. The fourth-order valence-corrected chi connectivity index (χ4v) is 3.85. The fourth-order valence-electron chi connectivity index (χ4n) is 1.76. The molecule has 0 atom stereocenters. The summed E-state index contributed by atoms with van der Waals surface area (Å²) in [5.41, 5.74) is 1.71. The highest BCUT2D eigenvalue weighted by molar-refractivity contribution is 9.11. The van der Waals surface area contributed by atoms with Crippen molar-refractivity contribution < 1.29 is 4.79 Å². The molecule has 0 aliphatic heterocycles. The zero-order valence-corrected chi connectivity index (χ0v) is 13.8. The van der Waals surface area contributed by atoms with Crippen LogP contribution in [0.15, 0.2) is 32.5 Å². The Labute approximate surface area is 131 Å². The fraction of sp³-hybridized carbons (Fsp3) is 0.231. The maximum atomic E-state index is 12.1. The summed E-state index contributed by atoms with van der Waals surface area (Å²) in [4.78, 5) is 16.6. The third-order valence-electron chi connectivity index (χ3n) is 2.86. The topological polar surface area (TPSA) is 42.0 Å². The van der Waals surface area contributed by atoms with Gasteiger partial charge in [-0.1, -0.05) is 31.9 Å². The van der Waals surface area contributed by atoms with Gasteiger partial charge in [0.15, 0.2) is 5.13 Å². The molecule has 0 radical (unpaired) electrons. The van der Waals surface area contributed by atoms with Gasteiger partial charge in [0.2, 0.25) is 0 Å². The van der Waals surface area contributed by atoms with Gasteiger partial charge in [-0.15, -0.1) is 11.3 Å². The lowest BCUT2D eigenvalue weighted by Crippen LogP contribution is -2.11. The van der Waals surface area contributed by atoms with Crippen molar-refractivity contribution in [2.75, 3.05) is 5.32 Å². The molecule has 6 heteroatoms. The average molecular weight is 402 g/mol. The Bertz CT molecular complexity index is 617. The lowest BCUT2D eigenvalue weighted by Gasteiger charge is -2.03. The summed E-state index contributed by atoms with van der Waals surface area (Å²) in [5.74, 6) is 0.473. The van der Waals surface area contributed by atoms with Gasteiger partial charge >= 0.3 is 0 Å². The van der Waals surface area contributed by atoms with Crippen LogP contribution in [0.25, 0.3) is 0 Å². The monoisotopic (exact) mass is 400 g/mol. The Balaban J connectivity index is 1.75. The van der Waals surface area contributed by atoms with Crippen LogP contribution in [0.3, 0.4) is 0 Å². The van der Waals surface area contributed by atoms with Crippen LogP contribution in [0.1, 0.15) is 34.8 Å². The first-order valence-electron chi connectivity index (χ1n) is 5.85. The Hall–Kier alpha value is -0.720. The van der Waals surface area contributed by atoms with E-state index in [1.54, 1.807) is 12.1 Å². The summed E-state index contributed by atoms with van der Waals surface area (Å²) in [6.45, 7) is 0. The standard InChI is InChI=1S/C13H10Br2N2OS/c14-9-3-8(4-10(15)5-9)12(18)17-13-16-11(6-19-13)7-1-2-7/h3-7H,1-2H2,(H,16,17,18). The largest absolute Gasteiger partial charge is 0.298 e. The molecule has 1 fully saturated rings.